The monoisotopic (exact) mass is 297 g/mol. The molecular weight excluding hydrogens is 270 g/mol. The lowest BCUT2D eigenvalue weighted by molar-refractivity contribution is -0.132. The van der Waals surface area contributed by atoms with Crippen LogP contribution in [0.4, 0.5) is 0 Å². The first-order valence-corrected chi connectivity index (χ1v) is 8.11. The molecule has 2 saturated heterocycles. The van der Waals surface area contributed by atoms with Crippen molar-refractivity contribution >= 4 is 11.8 Å². The summed E-state index contributed by atoms with van der Waals surface area (Å²) in [4.78, 5) is 25.6. The lowest BCUT2D eigenvalue weighted by Gasteiger charge is -2.26. The van der Waals surface area contributed by atoms with Crippen LogP contribution in [-0.2, 0) is 14.3 Å². The zero-order chi connectivity index (χ0) is 14.9. The molecule has 2 amide bonds. The molecule has 2 heterocycles. The Morgan fingerprint density at radius 2 is 1.81 bits per heavy atom. The maximum Gasteiger partial charge on any atom is 0.234 e. The van der Waals surface area contributed by atoms with Gasteiger partial charge in [0.15, 0.2) is 0 Å². The van der Waals surface area contributed by atoms with E-state index < -0.39 is 0 Å². The highest BCUT2D eigenvalue weighted by Crippen LogP contribution is 2.09. The Balaban J connectivity index is 1.52. The summed E-state index contributed by atoms with van der Waals surface area (Å²) in [5.74, 6) is 0.208. The lowest BCUT2D eigenvalue weighted by Crippen LogP contribution is -2.43. The predicted octanol–water partition coefficient (Wildman–Crippen LogP) is 0.274. The van der Waals surface area contributed by atoms with Crippen LogP contribution in [-0.4, -0.2) is 62.1 Å². The van der Waals surface area contributed by atoms with Gasteiger partial charge in [0, 0.05) is 45.3 Å². The third kappa shape index (κ3) is 6.01. The van der Waals surface area contributed by atoms with E-state index in [-0.39, 0.29) is 24.4 Å². The molecule has 0 radical (unpaired) electrons. The molecule has 2 rings (SSSR count). The second kappa shape index (κ2) is 9.00. The molecule has 2 aliphatic rings. The summed E-state index contributed by atoms with van der Waals surface area (Å²) in [5.41, 5.74) is 0. The summed E-state index contributed by atoms with van der Waals surface area (Å²) >= 11 is 0. The van der Waals surface area contributed by atoms with Crippen molar-refractivity contribution in [3.8, 4) is 0 Å². The first kappa shape index (κ1) is 16.2. The maximum absolute atomic E-state index is 11.9. The van der Waals surface area contributed by atoms with Gasteiger partial charge in [-0.25, -0.2) is 0 Å². The summed E-state index contributed by atoms with van der Waals surface area (Å²) in [6, 6.07) is 0.239. The van der Waals surface area contributed by atoms with Crippen molar-refractivity contribution in [2.45, 2.75) is 44.6 Å². The van der Waals surface area contributed by atoms with E-state index in [4.69, 9.17) is 4.74 Å². The van der Waals surface area contributed by atoms with Crippen LogP contribution in [0, 0.1) is 0 Å². The minimum absolute atomic E-state index is 0.00678. The average molecular weight is 297 g/mol. The topological polar surface area (TPSA) is 70.7 Å². The van der Waals surface area contributed by atoms with Crippen molar-refractivity contribution in [1.29, 1.82) is 0 Å². The third-order valence-electron chi connectivity index (χ3n) is 4.10. The Kier molecular flexibility index (Phi) is 6.95. The minimum atomic E-state index is 0.00678. The van der Waals surface area contributed by atoms with Gasteiger partial charge < -0.3 is 20.3 Å². The molecule has 0 saturated carbocycles. The number of hydrogen-bond acceptors (Lipinski definition) is 4. The fraction of sp³-hybridized carbons (Fsp3) is 0.867. The third-order valence-corrected chi connectivity index (χ3v) is 4.10. The van der Waals surface area contributed by atoms with E-state index in [0.717, 1.165) is 52.0 Å². The zero-order valence-corrected chi connectivity index (χ0v) is 12.7. The number of hydrogen-bond donors (Lipinski definition) is 2. The standard InChI is InChI=1S/C15H27N3O3/c19-14(17-13-5-10-21-11-6-13)12-16-7-4-15(20)18-8-2-1-3-9-18/h13,16H,1-12H2,(H,17,19). The number of amides is 2. The number of carbonyl (C=O) groups is 2. The smallest absolute Gasteiger partial charge is 0.234 e. The van der Waals surface area contributed by atoms with Gasteiger partial charge in [0.1, 0.15) is 0 Å². The van der Waals surface area contributed by atoms with Crippen molar-refractivity contribution in [3.05, 3.63) is 0 Å². The summed E-state index contributed by atoms with van der Waals surface area (Å²) in [6.45, 7) is 4.08. The summed E-state index contributed by atoms with van der Waals surface area (Å²) in [7, 11) is 0. The minimum Gasteiger partial charge on any atom is -0.381 e. The second-order valence-electron chi connectivity index (χ2n) is 5.82. The zero-order valence-electron chi connectivity index (χ0n) is 12.7. The Bertz CT molecular complexity index is 337. The van der Waals surface area contributed by atoms with Crippen molar-refractivity contribution in [1.82, 2.24) is 15.5 Å². The second-order valence-corrected chi connectivity index (χ2v) is 5.82. The highest BCUT2D eigenvalue weighted by Gasteiger charge is 2.17. The molecular formula is C15H27N3O3. The largest absolute Gasteiger partial charge is 0.381 e. The van der Waals surface area contributed by atoms with Crippen LogP contribution in [0.2, 0.25) is 0 Å². The Morgan fingerprint density at radius 3 is 2.52 bits per heavy atom. The number of likely N-dealkylation sites (tertiary alicyclic amines) is 1. The van der Waals surface area contributed by atoms with Crippen molar-refractivity contribution in [2.24, 2.45) is 0 Å². The molecule has 2 aliphatic heterocycles. The number of nitrogens with one attached hydrogen (secondary N) is 2. The van der Waals surface area contributed by atoms with Crippen LogP contribution in [0.3, 0.4) is 0 Å². The molecule has 0 unspecified atom stereocenters. The van der Waals surface area contributed by atoms with Crippen molar-refractivity contribution in [2.75, 3.05) is 39.4 Å². The van der Waals surface area contributed by atoms with E-state index in [1.54, 1.807) is 0 Å². The predicted molar refractivity (Wildman–Crippen MR) is 79.9 cm³/mol. The van der Waals surface area contributed by atoms with E-state index in [0.29, 0.717) is 13.0 Å². The van der Waals surface area contributed by atoms with Crippen LogP contribution in [0.5, 0.6) is 0 Å². The van der Waals surface area contributed by atoms with Crippen LogP contribution in [0.1, 0.15) is 38.5 Å². The van der Waals surface area contributed by atoms with E-state index in [1.807, 2.05) is 4.90 Å². The molecule has 21 heavy (non-hydrogen) atoms. The van der Waals surface area contributed by atoms with Gasteiger partial charge >= 0.3 is 0 Å². The summed E-state index contributed by atoms with van der Waals surface area (Å²) in [5, 5.41) is 6.05. The van der Waals surface area contributed by atoms with E-state index in [1.165, 1.54) is 6.42 Å². The Labute approximate surface area is 126 Å². The molecule has 0 aromatic carbocycles. The van der Waals surface area contributed by atoms with Crippen LogP contribution >= 0.6 is 0 Å². The first-order valence-electron chi connectivity index (χ1n) is 8.11. The molecule has 0 bridgehead atoms. The molecule has 0 aliphatic carbocycles. The van der Waals surface area contributed by atoms with Gasteiger partial charge in [0.25, 0.3) is 0 Å². The normalized spacial score (nSPS) is 20.3. The van der Waals surface area contributed by atoms with Gasteiger partial charge in [-0.1, -0.05) is 0 Å². The highest BCUT2D eigenvalue weighted by molar-refractivity contribution is 5.79. The number of nitrogens with zero attached hydrogens (tertiary/aromatic N) is 1. The van der Waals surface area contributed by atoms with E-state index in [2.05, 4.69) is 10.6 Å². The number of ether oxygens (including phenoxy) is 1. The highest BCUT2D eigenvalue weighted by atomic mass is 16.5. The molecule has 2 N–H and O–H groups in total. The SMILES string of the molecule is O=C(CNCCC(=O)N1CCCCC1)NC1CCOCC1. The molecule has 120 valence electrons. The van der Waals surface area contributed by atoms with E-state index in [9.17, 15) is 9.59 Å². The lowest BCUT2D eigenvalue weighted by atomic mass is 10.1. The van der Waals surface area contributed by atoms with Gasteiger partial charge in [0.2, 0.25) is 11.8 Å². The molecule has 0 atom stereocenters. The molecule has 0 spiro atoms. The molecule has 0 aromatic rings. The summed E-state index contributed by atoms with van der Waals surface area (Å²) in [6.07, 6.45) is 5.72. The van der Waals surface area contributed by atoms with Crippen LogP contribution in [0.25, 0.3) is 0 Å². The fourth-order valence-corrected chi connectivity index (χ4v) is 2.82. The molecule has 6 nitrogen and oxygen atoms in total. The van der Waals surface area contributed by atoms with Gasteiger partial charge in [-0.15, -0.1) is 0 Å². The molecule has 6 heteroatoms. The van der Waals surface area contributed by atoms with Gasteiger partial charge in [0.05, 0.1) is 6.54 Å². The van der Waals surface area contributed by atoms with Crippen molar-refractivity contribution in [3.63, 3.8) is 0 Å². The fourth-order valence-electron chi connectivity index (χ4n) is 2.82. The Morgan fingerprint density at radius 1 is 1.10 bits per heavy atom. The van der Waals surface area contributed by atoms with Gasteiger partial charge in [-0.2, -0.15) is 0 Å². The van der Waals surface area contributed by atoms with Crippen LogP contribution in [0.15, 0.2) is 0 Å². The number of piperidine rings is 1. The number of carbonyl (C=O) groups excluding carboxylic acids is 2. The Hall–Kier alpha value is -1.14. The average Bonchev–Trinajstić information content (AvgIpc) is 2.53. The maximum atomic E-state index is 11.9. The van der Waals surface area contributed by atoms with Gasteiger partial charge in [-0.05, 0) is 32.1 Å². The summed E-state index contributed by atoms with van der Waals surface area (Å²) < 4.78 is 5.25. The van der Waals surface area contributed by atoms with E-state index >= 15 is 0 Å². The van der Waals surface area contributed by atoms with Gasteiger partial charge in [-0.3, -0.25) is 9.59 Å². The van der Waals surface area contributed by atoms with Crippen molar-refractivity contribution < 1.29 is 14.3 Å². The molecule has 2 fully saturated rings. The molecule has 0 aromatic heterocycles. The number of rotatable bonds is 6. The first-order chi connectivity index (χ1) is 10.3. The van der Waals surface area contributed by atoms with Crippen LogP contribution < -0.4 is 10.6 Å². The quantitative estimate of drug-likeness (QED) is 0.691.